The smallest absolute Gasteiger partial charge is 0.277 e. The molecule has 0 radical (unpaired) electrons. The molecule has 0 saturated carbocycles. The Labute approximate surface area is 149 Å². The van der Waals surface area contributed by atoms with Gasteiger partial charge in [-0.2, -0.15) is 0 Å². The Bertz CT molecular complexity index is 887. The number of fused-ring (bicyclic) bond motifs is 1. The summed E-state index contributed by atoms with van der Waals surface area (Å²) in [5, 5.41) is 12.3. The van der Waals surface area contributed by atoms with E-state index in [-0.39, 0.29) is 11.7 Å². The molecular formula is C17H20N4O3S. The van der Waals surface area contributed by atoms with E-state index in [0.717, 1.165) is 22.2 Å². The highest BCUT2D eigenvalue weighted by Gasteiger charge is 2.13. The quantitative estimate of drug-likeness (QED) is 0.497. The molecule has 0 spiro atoms. The SMILES string of the molecule is COCCNC(=O)CSc1nnc(-c2ccc3[nH]c(C)c(C)c3c2)o1. The first-order valence-corrected chi connectivity index (χ1v) is 8.88. The van der Waals surface area contributed by atoms with Crippen molar-refractivity contribution >= 4 is 28.6 Å². The van der Waals surface area contributed by atoms with Crippen LogP contribution in [0.1, 0.15) is 11.3 Å². The number of H-pyrrole nitrogens is 1. The van der Waals surface area contributed by atoms with Crippen molar-refractivity contribution in [3.8, 4) is 11.5 Å². The highest BCUT2D eigenvalue weighted by Crippen LogP contribution is 2.28. The fraction of sp³-hybridized carbons (Fsp3) is 0.353. The van der Waals surface area contributed by atoms with E-state index in [4.69, 9.17) is 9.15 Å². The Morgan fingerprint density at radius 1 is 1.36 bits per heavy atom. The van der Waals surface area contributed by atoms with Crippen LogP contribution in [0.25, 0.3) is 22.4 Å². The summed E-state index contributed by atoms with van der Waals surface area (Å²) in [5.41, 5.74) is 4.30. The molecule has 3 aromatic rings. The minimum atomic E-state index is -0.0957. The van der Waals surface area contributed by atoms with E-state index in [1.54, 1.807) is 7.11 Å². The van der Waals surface area contributed by atoms with E-state index in [1.807, 2.05) is 25.1 Å². The average Bonchev–Trinajstić information content (AvgIpc) is 3.19. The highest BCUT2D eigenvalue weighted by molar-refractivity contribution is 7.99. The van der Waals surface area contributed by atoms with Gasteiger partial charge in [0.15, 0.2) is 0 Å². The second kappa shape index (κ2) is 7.71. The molecule has 0 bridgehead atoms. The van der Waals surface area contributed by atoms with Gasteiger partial charge >= 0.3 is 0 Å². The maximum Gasteiger partial charge on any atom is 0.277 e. The van der Waals surface area contributed by atoms with Gasteiger partial charge in [0.05, 0.1) is 12.4 Å². The number of carbonyl (C=O) groups excluding carboxylic acids is 1. The number of aromatic amines is 1. The molecule has 132 valence electrons. The van der Waals surface area contributed by atoms with Crippen LogP contribution < -0.4 is 5.32 Å². The molecule has 1 aromatic carbocycles. The predicted molar refractivity (Wildman–Crippen MR) is 96.7 cm³/mol. The van der Waals surface area contributed by atoms with Gasteiger partial charge < -0.3 is 19.5 Å². The monoisotopic (exact) mass is 360 g/mol. The van der Waals surface area contributed by atoms with Gasteiger partial charge in [0.1, 0.15) is 0 Å². The fourth-order valence-electron chi connectivity index (χ4n) is 2.45. The Morgan fingerprint density at radius 2 is 2.20 bits per heavy atom. The van der Waals surface area contributed by atoms with Gasteiger partial charge in [0.25, 0.3) is 5.22 Å². The Kier molecular flexibility index (Phi) is 5.40. The predicted octanol–water partition coefficient (Wildman–Crippen LogP) is 2.69. The van der Waals surface area contributed by atoms with Crippen LogP contribution in [0.2, 0.25) is 0 Å². The molecule has 0 saturated heterocycles. The van der Waals surface area contributed by atoms with Crippen molar-refractivity contribution in [1.82, 2.24) is 20.5 Å². The Hall–Kier alpha value is -2.32. The lowest BCUT2D eigenvalue weighted by molar-refractivity contribution is -0.118. The molecule has 1 amide bonds. The van der Waals surface area contributed by atoms with Gasteiger partial charge in [-0.25, -0.2) is 0 Å². The van der Waals surface area contributed by atoms with E-state index in [1.165, 1.54) is 17.3 Å². The standard InChI is InChI=1S/C17H20N4O3S/c1-10-11(2)19-14-5-4-12(8-13(10)14)16-20-21-17(24-16)25-9-15(22)18-6-7-23-3/h4-5,8,19H,6-7,9H2,1-3H3,(H,18,22). The second-order valence-corrected chi connectivity index (χ2v) is 6.57. The van der Waals surface area contributed by atoms with Crippen LogP contribution in [-0.4, -0.2) is 47.1 Å². The number of thioether (sulfide) groups is 1. The van der Waals surface area contributed by atoms with Crippen LogP contribution in [0, 0.1) is 13.8 Å². The van der Waals surface area contributed by atoms with Crippen molar-refractivity contribution in [2.24, 2.45) is 0 Å². The van der Waals surface area contributed by atoms with Gasteiger partial charge in [-0.15, -0.1) is 10.2 Å². The first-order valence-electron chi connectivity index (χ1n) is 7.89. The number of amides is 1. The molecular weight excluding hydrogens is 340 g/mol. The van der Waals surface area contributed by atoms with Crippen LogP contribution in [0.5, 0.6) is 0 Å². The number of nitrogens with zero attached hydrogens (tertiary/aromatic N) is 2. The van der Waals surface area contributed by atoms with Crippen LogP contribution in [0.3, 0.4) is 0 Å². The van der Waals surface area contributed by atoms with Crippen molar-refractivity contribution in [3.63, 3.8) is 0 Å². The summed E-state index contributed by atoms with van der Waals surface area (Å²) in [4.78, 5) is 15.0. The molecule has 0 aliphatic rings. The third kappa shape index (κ3) is 4.02. The second-order valence-electron chi connectivity index (χ2n) is 5.64. The van der Waals surface area contributed by atoms with Crippen molar-refractivity contribution in [3.05, 3.63) is 29.5 Å². The number of hydrogen-bond donors (Lipinski definition) is 2. The lowest BCUT2D eigenvalue weighted by Crippen LogP contribution is -2.28. The molecule has 0 aliphatic carbocycles. The number of rotatable bonds is 7. The molecule has 7 nitrogen and oxygen atoms in total. The lowest BCUT2D eigenvalue weighted by Gasteiger charge is -2.02. The first kappa shape index (κ1) is 17.5. The summed E-state index contributed by atoms with van der Waals surface area (Å²) in [5.74, 6) is 0.574. The number of aromatic nitrogens is 3. The third-order valence-electron chi connectivity index (χ3n) is 3.92. The minimum Gasteiger partial charge on any atom is -0.411 e. The van der Waals surface area contributed by atoms with E-state index in [2.05, 4.69) is 27.4 Å². The summed E-state index contributed by atoms with van der Waals surface area (Å²) in [6.45, 7) is 5.10. The van der Waals surface area contributed by atoms with Gasteiger partial charge in [0, 0.05) is 35.8 Å². The van der Waals surface area contributed by atoms with Gasteiger partial charge in [0.2, 0.25) is 11.8 Å². The molecule has 2 N–H and O–H groups in total. The number of methoxy groups -OCH3 is 1. The van der Waals surface area contributed by atoms with E-state index < -0.39 is 0 Å². The summed E-state index contributed by atoms with van der Waals surface area (Å²) >= 11 is 1.21. The van der Waals surface area contributed by atoms with E-state index in [0.29, 0.717) is 24.3 Å². The van der Waals surface area contributed by atoms with E-state index in [9.17, 15) is 4.79 Å². The molecule has 0 atom stereocenters. The number of carbonyl (C=O) groups is 1. The van der Waals surface area contributed by atoms with Crippen molar-refractivity contribution < 1.29 is 13.9 Å². The summed E-state index contributed by atoms with van der Waals surface area (Å²) in [6, 6.07) is 5.98. The van der Waals surface area contributed by atoms with Crippen LogP contribution in [-0.2, 0) is 9.53 Å². The van der Waals surface area contributed by atoms with E-state index >= 15 is 0 Å². The molecule has 0 aliphatic heterocycles. The molecule has 2 heterocycles. The van der Waals surface area contributed by atoms with Crippen molar-refractivity contribution in [2.45, 2.75) is 19.1 Å². The van der Waals surface area contributed by atoms with Gasteiger partial charge in [-0.05, 0) is 37.6 Å². The maximum absolute atomic E-state index is 11.7. The Morgan fingerprint density at radius 3 is 3.00 bits per heavy atom. The zero-order valence-corrected chi connectivity index (χ0v) is 15.2. The number of aryl methyl sites for hydroxylation is 2. The highest BCUT2D eigenvalue weighted by atomic mass is 32.2. The average molecular weight is 360 g/mol. The largest absolute Gasteiger partial charge is 0.411 e. The van der Waals surface area contributed by atoms with Crippen LogP contribution >= 0.6 is 11.8 Å². The maximum atomic E-state index is 11.7. The normalized spacial score (nSPS) is 11.2. The van der Waals surface area contributed by atoms with Crippen molar-refractivity contribution in [2.75, 3.05) is 26.0 Å². The molecule has 3 rings (SSSR count). The van der Waals surface area contributed by atoms with Crippen molar-refractivity contribution in [1.29, 1.82) is 0 Å². The summed E-state index contributed by atoms with van der Waals surface area (Å²) in [7, 11) is 1.59. The fourth-order valence-corrected chi connectivity index (χ4v) is 3.04. The lowest BCUT2D eigenvalue weighted by atomic mass is 10.1. The molecule has 0 unspecified atom stereocenters. The number of nitrogens with one attached hydrogen (secondary N) is 2. The Balaban J connectivity index is 1.67. The molecule has 2 aromatic heterocycles. The minimum absolute atomic E-state index is 0.0957. The van der Waals surface area contributed by atoms with Gasteiger partial charge in [-0.1, -0.05) is 11.8 Å². The summed E-state index contributed by atoms with van der Waals surface area (Å²) < 4.78 is 10.6. The van der Waals surface area contributed by atoms with Crippen LogP contribution in [0.4, 0.5) is 0 Å². The number of benzene rings is 1. The first-order chi connectivity index (χ1) is 12.1. The molecule has 25 heavy (non-hydrogen) atoms. The zero-order valence-electron chi connectivity index (χ0n) is 14.4. The number of hydrogen-bond acceptors (Lipinski definition) is 6. The third-order valence-corrected chi connectivity index (χ3v) is 4.74. The molecule has 0 fully saturated rings. The van der Waals surface area contributed by atoms with Gasteiger partial charge in [-0.3, -0.25) is 4.79 Å². The number of ether oxygens (including phenoxy) is 1. The zero-order chi connectivity index (χ0) is 17.8. The summed E-state index contributed by atoms with van der Waals surface area (Å²) in [6.07, 6.45) is 0. The van der Waals surface area contributed by atoms with Crippen LogP contribution in [0.15, 0.2) is 27.8 Å². The molecule has 8 heteroatoms. The topological polar surface area (TPSA) is 93.0 Å².